The van der Waals surface area contributed by atoms with Crippen molar-refractivity contribution in [3.63, 3.8) is 0 Å². The van der Waals surface area contributed by atoms with Gasteiger partial charge in [0.05, 0.1) is 5.56 Å². The molecule has 0 aliphatic carbocycles. The zero-order chi connectivity index (χ0) is 13.1. The molecule has 4 heteroatoms. The van der Waals surface area contributed by atoms with E-state index in [0.29, 0.717) is 16.9 Å². The van der Waals surface area contributed by atoms with Crippen LogP contribution in [0.2, 0.25) is 0 Å². The van der Waals surface area contributed by atoms with Gasteiger partial charge in [0.1, 0.15) is 5.82 Å². The van der Waals surface area contributed by atoms with Crippen LogP contribution in [-0.2, 0) is 0 Å². The Balaban J connectivity index is 2.52. The standard InChI is InChI=1S/C14H13FN2O/c1-17-13-7-6-9(16)8-11(13)14(18)10-4-2-3-5-12(10)15/h2-8,17H,16H2,1H3. The van der Waals surface area contributed by atoms with Crippen LogP contribution >= 0.6 is 0 Å². The summed E-state index contributed by atoms with van der Waals surface area (Å²) in [6, 6.07) is 10.8. The summed E-state index contributed by atoms with van der Waals surface area (Å²) in [5, 5.41) is 2.89. The molecule has 2 aromatic carbocycles. The van der Waals surface area contributed by atoms with Gasteiger partial charge in [-0.1, -0.05) is 12.1 Å². The largest absolute Gasteiger partial charge is 0.399 e. The molecule has 0 unspecified atom stereocenters. The predicted octanol–water partition coefficient (Wildman–Crippen LogP) is 2.68. The first-order valence-corrected chi connectivity index (χ1v) is 5.50. The first kappa shape index (κ1) is 12.1. The van der Waals surface area contributed by atoms with Crippen LogP contribution < -0.4 is 11.1 Å². The fourth-order valence-electron chi connectivity index (χ4n) is 1.76. The molecule has 0 saturated heterocycles. The van der Waals surface area contributed by atoms with Crippen molar-refractivity contribution in [3.8, 4) is 0 Å². The first-order chi connectivity index (χ1) is 8.63. The number of anilines is 2. The van der Waals surface area contributed by atoms with Crippen LogP contribution in [0.3, 0.4) is 0 Å². The van der Waals surface area contributed by atoms with Gasteiger partial charge in [0.15, 0.2) is 5.78 Å². The number of nitrogen functional groups attached to an aromatic ring is 1. The highest BCUT2D eigenvalue weighted by molar-refractivity contribution is 6.12. The third kappa shape index (κ3) is 2.18. The number of nitrogens with two attached hydrogens (primary N) is 1. The summed E-state index contributed by atoms with van der Waals surface area (Å²) >= 11 is 0. The lowest BCUT2D eigenvalue weighted by atomic mass is 10.0. The van der Waals surface area contributed by atoms with E-state index >= 15 is 0 Å². The van der Waals surface area contributed by atoms with Gasteiger partial charge in [-0.05, 0) is 30.3 Å². The predicted molar refractivity (Wildman–Crippen MR) is 70.2 cm³/mol. The molecule has 92 valence electrons. The van der Waals surface area contributed by atoms with Gasteiger partial charge < -0.3 is 11.1 Å². The molecule has 0 aliphatic rings. The Kier molecular flexibility index (Phi) is 3.28. The quantitative estimate of drug-likeness (QED) is 0.644. The maximum absolute atomic E-state index is 13.6. The van der Waals surface area contributed by atoms with Gasteiger partial charge in [-0.3, -0.25) is 4.79 Å². The molecule has 0 atom stereocenters. The topological polar surface area (TPSA) is 55.1 Å². The Labute approximate surface area is 104 Å². The van der Waals surface area contributed by atoms with Crippen molar-refractivity contribution in [2.24, 2.45) is 0 Å². The van der Waals surface area contributed by atoms with E-state index in [-0.39, 0.29) is 11.3 Å². The van der Waals surface area contributed by atoms with Gasteiger partial charge >= 0.3 is 0 Å². The highest BCUT2D eigenvalue weighted by atomic mass is 19.1. The smallest absolute Gasteiger partial charge is 0.198 e. The van der Waals surface area contributed by atoms with Crippen LogP contribution in [-0.4, -0.2) is 12.8 Å². The van der Waals surface area contributed by atoms with E-state index < -0.39 is 5.82 Å². The van der Waals surface area contributed by atoms with Crippen molar-refractivity contribution >= 4 is 17.2 Å². The maximum atomic E-state index is 13.6. The molecule has 0 saturated carbocycles. The normalized spacial score (nSPS) is 10.1. The van der Waals surface area contributed by atoms with Gasteiger partial charge in [-0.15, -0.1) is 0 Å². The average molecular weight is 244 g/mol. The summed E-state index contributed by atoms with van der Waals surface area (Å²) in [6.45, 7) is 0. The zero-order valence-corrected chi connectivity index (χ0v) is 9.91. The van der Waals surface area contributed by atoms with E-state index in [9.17, 15) is 9.18 Å². The van der Waals surface area contributed by atoms with Crippen LogP contribution in [0, 0.1) is 5.82 Å². The second kappa shape index (κ2) is 4.87. The molecule has 0 spiro atoms. The average Bonchev–Trinajstić information content (AvgIpc) is 2.38. The molecule has 3 nitrogen and oxygen atoms in total. The highest BCUT2D eigenvalue weighted by Gasteiger charge is 2.16. The minimum absolute atomic E-state index is 0.0413. The minimum atomic E-state index is -0.535. The van der Waals surface area contributed by atoms with Gasteiger partial charge in [-0.2, -0.15) is 0 Å². The minimum Gasteiger partial charge on any atom is -0.399 e. The molecular formula is C14H13FN2O. The molecule has 0 heterocycles. The van der Waals surface area contributed by atoms with Crippen LogP contribution in [0.25, 0.3) is 0 Å². The number of ketones is 1. The van der Waals surface area contributed by atoms with E-state index in [4.69, 9.17) is 5.73 Å². The fourth-order valence-corrected chi connectivity index (χ4v) is 1.76. The molecule has 18 heavy (non-hydrogen) atoms. The molecular weight excluding hydrogens is 231 g/mol. The SMILES string of the molecule is CNc1ccc(N)cc1C(=O)c1ccccc1F. The first-order valence-electron chi connectivity index (χ1n) is 5.50. The van der Waals surface area contributed by atoms with Crippen molar-refractivity contribution in [1.82, 2.24) is 0 Å². The summed E-state index contributed by atoms with van der Waals surface area (Å²) in [7, 11) is 1.70. The molecule has 2 aromatic rings. The van der Waals surface area contributed by atoms with E-state index in [1.807, 2.05) is 0 Å². The Bertz CT molecular complexity index is 596. The molecule has 3 N–H and O–H groups in total. The molecule has 0 bridgehead atoms. The highest BCUT2D eigenvalue weighted by Crippen LogP contribution is 2.22. The second-order valence-corrected chi connectivity index (χ2v) is 3.86. The lowest BCUT2D eigenvalue weighted by Crippen LogP contribution is -2.08. The van der Waals surface area contributed by atoms with Gasteiger partial charge in [0.2, 0.25) is 0 Å². The summed E-state index contributed by atoms with van der Waals surface area (Å²) in [6.07, 6.45) is 0. The number of hydrogen-bond donors (Lipinski definition) is 2. The summed E-state index contributed by atoms with van der Waals surface area (Å²) in [5.41, 5.74) is 7.16. The zero-order valence-electron chi connectivity index (χ0n) is 9.91. The number of carbonyl (C=O) groups is 1. The Morgan fingerprint density at radius 1 is 1.17 bits per heavy atom. The van der Waals surface area contributed by atoms with Crippen LogP contribution in [0.5, 0.6) is 0 Å². The van der Waals surface area contributed by atoms with Gasteiger partial charge in [0, 0.05) is 24.0 Å². The van der Waals surface area contributed by atoms with Crippen LogP contribution in [0.1, 0.15) is 15.9 Å². The molecule has 0 fully saturated rings. The summed E-state index contributed by atoms with van der Waals surface area (Å²) in [4.78, 5) is 12.3. The van der Waals surface area contributed by atoms with Gasteiger partial charge in [-0.25, -0.2) is 4.39 Å². The molecule has 0 aliphatic heterocycles. The van der Waals surface area contributed by atoms with Crippen molar-refractivity contribution in [1.29, 1.82) is 0 Å². The number of carbonyl (C=O) groups excluding carboxylic acids is 1. The molecule has 0 amide bonds. The summed E-state index contributed by atoms with van der Waals surface area (Å²) in [5.74, 6) is -0.920. The maximum Gasteiger partial charge on any atom is 0.198 e. The Morgan fingerprint density at radius 2 is 1.89 bits per heavy atom. The third-order valence-electron chi connectivity index (χ3n) is 2.68. The van der Waals surface area contributed by atoms with Crippen LogP contribution in [0.4, 0.5) is 15.8 Å². The second-order valence-electron chi connectivity index (χ2n) is 3.86. The number of rotatable bonds is 3. The lowest BCUT2D eigenvalue weighted by Gasteiger charge is -2.09. The monoisotopic (exact) mass is 244 g/mol. The third-order valence-corrected chi connectivity index (χ3v) is 2.68. The lowest BCUT2D eigenvalue weighted by molar-refractivity contribution is 0.103. The number of halogens is 1. The van der Waals surface area contributed by atoms with E-state index in [1.54, 1.807) is 37.4 Å². The van der Waals surface area contributed by atoms with Crippen LogP contribution in [0.15, 0.2) is 42.5 Å². The van der Waals surface area contributed by atoms with E-state index in [1.165, 1.54) is 12.1 Å². The summed E-state index contributed by atoms with van der Waals surface area (Å²) < 4.78 is 13.6. The number of hydrogen-bond acceptors (Lipinski definition) is 3. The van der Waals surface area contributed by atoms with E-state index in [0.717, 1.165) is 0 Å². The van der Waals surface area contributed by atoms with Crippen molar-refractivity contribution in [3.05, 3.63) is 59.4 Å². The van der Waals surface area contributed by atoms with E-state index in [2.05, 4.69) is 5.32 Å². The van der Waals surface area contributed by atoms with Gasteiger partial charge in [0.25, 0.3) is 0 Å². The number of nitrogens with one attached hydrogen (secondary N) is 1. The van der Waals surface area contributed by atoms with Crippen molar-refractivity contribution in [2.75, 3.05) is 18.1 Å². The molecule has 0 radical (unpaired) electrons. The molecule has 0 aromatic heterocycles. The Morgan fingerprint density at radius 3 is 2.56 bits per heavy atom. The van der Waals surface area contributed by atoms with Crippen molar-refractivity contribution in [2.45, 2.75) is 0 Å². The Hall–Kier alpha value is -2.36. The van der Waals surface area contributed by atoms with Crippen molar-refractivity contribution < 1.29 is 9.18 Å². The molecule has 2 rings (SSSR count). The number of benzene rings is 2. The fraction of sp³-hybridized carbons (Fsp3) is 0.0714.